The van der Waals surface area contributed by atoms with Crippen LogP contribution in [0.2, 0.25) is 0 Å². The summed E-state index contributed by atoms with van der Waals surface area (Å²) in [6, 6.07) is 8.14. The molecule has 0 spiro atoms. The Bertz CT molecular complexity index is 890. The van der Waals surface area contributed by atoms with E-state index < -0.39 is 17.7 Å². The van der Waals surface area contributed by atoms with Crippen LogP contribution in [-0.2, 0) is 17.5 Å². The maximum absolute atomic E-state index is 14.0. The van der Waals surface area contributed by atoms with Crippen molar-refractivity contribution in [1.82, 2.24) is 5.32 Å². The molecule has 0 unspecified atom stereocenters. The minimum atomic E-state index is -4.51. The van der Waals surface area contributed by atoms with Crippen molar-refractivity contribution in [2.45, 2.75) is 70.7 Å². The van der Waals surface area contributed by atoms with Crippen molar-refractivity contribution in [3.63, 3.8) is 0 Å². The van der Waals surface area contributed by atoms with Crippen molar-refractivity contribution in [3.8, 4) is 5.75 Å². The van der Waals surface area contributed by atoms with Crippen molar-refractivity contribution < 1.29 is 27.8 Å². The van der Waals surface area contributed by atoms with E-state index in [1.165, 1.54) is 12.1 Å². The van der Waals surface area contributed by atoms with Crippen molar-refractivity contribution in [3.05, 3.63) is 41.5 Å². The second-order valence-corrected chi connectivity index (χ2v) is 8.48. The molecular formula is C24H30F3NO3. The van der Waals surface area contributed by atoms with Gasteiger partial charge in [0, 0.05) is 13.0 Å². The van der Waals surface area contributed by atoms with E-state index in [0.29, 0.717) is 37.2 Å². The molecule has 31 heavy (non-hydrogen) atoms. The van der Waals surface area contributed by atoms with Gasteiger partial charge in [-0.2, -0.15) is 13.2 Å². The number of carboxylic acid groups (broad SMARTS) is 1. The average molecular weight is 438 g/mol. The van der Waals surface area contributed by atoms with Crippen LogP contribution < -0.4 is 10.1 Å². The van der Waals surface area contributed by atoms with E-state index in [0.717, 1.165) is 31.2 Å². The Morgan fingerprint density at radius 2 is 1.84 bits per heavy atom. The van der Waals surface area contributed by atoms with E-state index >= 15 is 0 Å². The van der Waals surface area contributed by atoms with Crippen LogP contribution in [-0.4, -0.2) is 23.7 Å². The van der Waals surface area contributed by atoms with E-state index in [1.807, 2.05) is 6.07 Å². The number of alkyl halides is 3. The number of fused-ring (bicyclic) bond motifs is 1. The molecule has 3 rings (SSSR count). The SMILES string of the molecule is CC1CCC(Oc2ccc3c(CNCCCCC(=O)O)cccc3c2C(F)(F)F)CC1. The first-order chi connectivity index (χ1) is 14.8. The van der Waals surface area contributed by atoms with Crippen LogP contribution in [0.25, 0.3) is 10.8 Å². The maximum Gasteiger partial charge on any atom is 0.420 e. The topological polar surface area (TPSA) is 58.6 Å². The van der Waals surface area contributed by atoms with Crippen molar-refractivity contribution in [2.75, 3.05) is 6.54 Å². The van der Waals surface area contributed by atoms with E-state index in [-0.39, 0.29) is 23.7 Å². The summed E-state index contributed by atoms with van der Waals surface area (Å²) in [7, 11) is 0. The average Bonchev–Trinajstić information content (AvgIpc) is 2.71. The smallest absolute Gasteiger partial charge is 0.420 e. The molecule has 0 saturated heterocycles. The molecule has 0 aliphatic heterocycles. The molecular weight excluding hydrogens is 407 g/mol. The van der Waals surface area contributed by atoms with E-state index in [1.54, 1.807) is 12.1 Å². The zero-order valence-electron chi connectivity index (χ0n) is 17.8. The summed E-state index contributed by atoms with van der Waals surface area (Å²) in [6.45, 7) is 3.19. The predicted octanol–water partition coefficient (Wildman–Crippen LogP) is 6.16. The fourth-order valence-corrected chi connectivity index (χ4v) is 4.22. The largest absolute Gasteiger partial charge is 0.490 e. The number of nitrogens with one attached hydrogen (secondary N) is 1. The predicted molar refractivity (Wildman–Crippen MR) is 114 cm³/mol. The van der Waals surface area contributed by atoms with Crippen molar-refractivity contribution >= 4 is 16.7 Å². The molecule has 0 radical (unpaired) electrons. The molecule has 4 nitrogen and oxygen atoms in total. The second kappa shape index (κ2) is 10.4. The third-order valence-electron chi connectivity index (χ3n) is 5.96. The second-order valence-electron chi connectivity index (χ2n) is 8.48. The van der Waals surface area contributed by atoms with Gasteiger partial charge in [-0.25, -0.2) is 0 Å². The minimum Gasteiger partial charge on any atom is -0.490 e. The fraction of sp³-hybridized carbons (Fsp3) is 0.542. The van der Waals surface area contributed by atoms with Gasteiger partial charge in [0.25, 0.3) is 0 Å². The van der Waals surface area contributed by atoms with Gasteiger partial charge in [-0.15, -0.1) is 0 Å². The molecule has 0 bridgehead atoms. The number of benzene rings is 2. The Morgan fingerprint density at radius 3 is 2.52 bits per heavy atom. The fourth-order valence-electron chi connectivity index (χ4n) is 4.22. The Balaban J connectivity index is 1.78. The van der Waals surface area contributed by atoms with E-state index in [4.69, 9.17) is 9.84 Å². The van der Waals surface area contributed by atoms with Gasteiger partial charge < -0.3 is 15.2 Å². The molecule has 1 aliphatic carbocycles. The van der Waals surface area contributed by atoms with Gasteiger partial charge in [0.15, 0.2) is 0 Å². The summed E-state index contributed by atoms with van der Waals surface area (Å²) in [5.74, 6) is -0.314. The highest BCUT2D eigenvalue weighted by Crippen LogP contribution is 2.43. The van der Waals surface area contributed by atoms with Crippen LogP contribution in [0.4, 0.5) is 13.2 Å². The standard InChI is InChI=1S/C24H30F3NO3/c1-16-8-10-18(11-9-16)31-21-13-12-19-17(15-28-14-3-2-7-22(29)30)5-4-6-20(19)23(21)24(25,26)27/h4-6,12-13,16,18,28H,2-3,7-11,14-15H2,1H3,(H,29,30). The molecule has 0 amide bonds. The van der Waals surface area contributed by atoms with Crippen LogP contribution in [0.5, 0.6) is 5.75 Å². The third kappa shape index (κ3) is 6.35. The highest BCUT2D eigenvalue weighted by Gasteiger charge is 2.37. The van der Waals surface area contributed by atoms with Crippen LogP contribution in [0.3, 0.4) is 0 Å². The molecule has 2 aromatic rings. The molecule has 2 N–H and O–H groups in total. The number of carbonyl (C=O) groups is 1. The molecule has 1 fully saturated rings. The number of unbranched alkanes of at least 4 members (excludes halogenated alkanes) is 1. The Morgan fingerprint density at radius 1 is 1.10 bits per heavy atom. The Hall–Kier alpha value is -2.28. The van der Waals surface area contributed by atoms with Crippen LogP contribution in [0.1, 0.15) is 63.0 Å². The summed E-state index contributed by atoms with van der Waals surface area (Å²) in [5, 5.41) is 12.6. The lowest BCUT2D eigenvalue weighted by molar-refractivity contribution is -0.138. The molecule has 0 heterocycles. The lowest BCUT2D eigenvalue weighted by Crippen LogP contribution is -2.24. The van der Waals surface area contributed by atoms with Gasteiger partial charge in [-0.05, 0) is 73.4 Å². The normalized spacial score (nSPS) is 19.5. The van der Waals surface area contributed by atoms with Gasteiger partial charge in [0.1, 0.15) is 11.3 Å². The monoisotopic (exact) mass is 437 g/mol. The molecule has 170 valence electrons. The van der Waals surface area contributed by atoms with Crippen LogP contribution in [0, 0.1) is 5.92 Å². The zero-order chi connectivity index (χ0) is 22.4. The van der Waals surface area contributed by atoms with E-state index in [9.17, 15) is 18.0 Å². The third-order valence-corrected chi connectivity index (χ3v) is 5.96. The number of hydrogen-bond acceptors (Lipinski definition) is 3. The maximum atomic E-state index is 14.0. The van der Waals surface area contributed by atoms with Gasteiger partial charge in [-0.1, -0.05) is 31.2 Å². The van der Waals surface area contributed by atoms with Gasteiger partial charge in [0.05, 0.1) is 6.10 Å². The molecule has 0 atom stereocenters. The highest BCUT2D eigenvalue weighted by atomic mass is 19.4. The van der Waals surface area contributed by atoms with Crippen molar-refractivity contribution in [1.29, 1.82) is 0 Å². The Labute approximate surface area is 180 Å². The lowest BCUT2D eigenvalue weighted by Gasteiger charge is -2.28. The molecule has 0 aromatic heterocycles. The number of rotatable bonds is 9. The molecule has 1 saturated carbocycles. The van der Waals surface area contributed by atoms with Crippen molar-refractivity contribution in [2.24, 2.45) is 5.92 Å². The zero-order valence-corrected chi connectivity index (χ0v) is 17.8. The number of aliphatic carboxylic acids is 1. The van der Waals surface area contributed by atoms with Gasteiger partial charge in [0.2, 0.25) is 0 Å². The first-order valence-electron chi connectivity index (χ1n) is 11.0. The van der Waals surface area contributed by atoms with Crippen LogP contribution >= 0.6 is 0 Å². The van der Waals surface area contributed by atoms with Gasteiger partial charge in [-0.3, -0.25) is 4.79 Å². The molecule has 2 aromatic carbocycles. The highest BCUT2D eigenvalue weighted by molar-refractivity contribution is 5.91. The number of carboxylic acids is 1. The number of ether oxygens (including phenoxy) is 1. The number of halogens is 3. The van der Waals surface area contributed by atoms with Crippen LogP contribution in [0.15, 0.2) is 30.3 Å². The van der Waals surface area contributed by atoms with E-state index in [2.05, 4.69) is 12.2 Å². The summed E-state index contributed by atoms with van der Waals surface area (Å²) in [5.41, 5.74) is 0.0752. The summed E-state index contributed by atoms with van der Waals surface area (Å²) >= 11 is 0. The Kier molecular flexibility index (Phi) is 7.81. The first-order valence-corrected chi connectivity index (χ1v) is 11.0. The first kappa shape index (κ1) is 23.4. The summed E-state index contributed by atoms with van der Waals surface area (Å²) in [4.78, 5) is 10.6. The summed E-state index contributed by atoms with van der Waals surface area (Å²) in [6.07, 6.45) is 0.201. The number of hydrogen-bond donors (Lipinski definition) is 2. The summed E-state index contributed by atoms with van der Waals surface area (Å²) < 4.78 is 48.0. The quantitative estimate of drug-likeness (QED) is 0.461. The lowest BCUT2D eigenvalue weighted by atomic mass is 9.89. The molecule has 7 heteroatoms. The van der Waals surface area contributed by atoms with Gasteiger partial charge >= 0.3 is 12.1 Å². The minimum absolute atomic E-state index is 0.0849. The molecule has 1 aliphatic rings.